The first kappa shape index (κ1) is 16.2. The average Bonchev–Trinajstić information content (AvgIpc) is 2.43. The number of hydrogen-bond acceptors (Lipinski definition) is 3. The Balaban J connectivity index is 2.72. The van der Waals surface area contributed by atoms with E-state index in [0.717, 1.165) is 0 Å². The van der Waals surface area contributed by atoms with Crippen molar-refractivity contribution >= 4 is 17.5 Å². The van der Waals surface area contributed by atoms with Crippen LogP contribution >= 0.6 is 0 Å². The lowest BCUT2D eigenvalue weighted by atomic mass is 10.1. The summed E-state index contributed by atoms with van der Waals surface area (Å²) in [5, 5.41) is 8.54. The van der Waals surface area contributed by atoms with E-state index in [1.165, 1.54) is 0 Å². The fourth-order valence-corrected chi connectivity index (χ4v) is 1.63. The zero-order valence-corrected chi connectivity index (χ0v) is 12.3. The first-order chi connectivity index (χ1) is 9.54. The molecule has 0 unspecified atom stereocenters. The molecule has 1 aromatic carbocycles. The van der Waals surface area contributed by atoms with Gasteiger partial charge in [-0.2, -0.15) is 0 Å². The highest BCUT2D eigenvalue weighted by Gasteiger charge is 2.12. The van der Waals surface area contributed by atoms with E-state index < -0.39 is 0 Å². The highest BCUT2D eigenvalue weighted by molar-refractivity contribution is 6.03. The van der Waals surface area contributed by atoms with Gasteiger partial charge in [-0.3, -0.25) is 9.59 Å². The van der Waals surface area contributed by atoms with Gasteiger partial charge in [0, 0.05) is 19.5 Å². The summed E-state index contributed by atoms with van der Waals surface area (Å²) >= 11 is 0. The van der Waals surface area contributed by atoms with Crippen LogP contribution in [0.1, 0.15) is 30.6 Å². The maximum atomic E-state index is 12.1. The Kier molecular flexibility index (Phi) is 6.73. The lowest BCUT2D eigenvalue weighted by Crippen LogP contribution is -2.28. The molecule has 110 valence electrons. The molecule has 5 nitrogen and oxygen atoms in total. The maximum absolute atomic E-state index is 12.1. The highest BCUT2D eigenvalue weighted by Crippen LogP contribution is 2.15. The summed E-state index contributed by atoms with van der Waals surface area (Å²) in [5.41, 5.74) is 1.04. The molecule has 0 aliphatic rings. The number of hydrogen-bond donors (Lipinski definition) is 3. The van der Waals surface area contributed by atoms with Gasteiger partial charge in [0.05, 0.1) is 11.3 Å². The van der Waals surface area contributed by atoms with Gasteiger partial charge in [0.15, 0.2) is 0 Å². The minimum Gasteiger partial charge on any atom is -0.352 e. The second-order valence-electron chi connectivity index (χ2n) is 5.05. The molecule has 0 aromatic heterocycles. The summed E-state index contributed by atoms with van der Waals surface area (Å²) in [7, 11) is 1.79. The summed E-state index contributed by atoms with van der Waals surface area (Å²) in [6.07, 6.45) is 0.373. The lowest BCUT2D eigenvalue weighted by molar-refractivity contribution is -0.116. The van der Waals surface area contributed by atoms with Gasteiger partial charge in [0.1, 0.15) is 0 Å². The third-order valence-electron chi connectivity index (χ3n) is 2.72. The fraction of sp³-hybridized carbons (Fsp3) is 0.467. The van der Waals surface area contributed by atoms with Crippen LogP contribution < -0.4 is 16.0 Å². The third-order valence-corrected chi connectivity index (χ3v) is 2.72. The average molecular weight is 277 g/mol. The molecule has 5 heteroatoms. The third kappa shape index (κ3) is 5.40. The summed E-state index contributed by atoms with van der Waals surface area (Å²) in [6.45, 7) is 5.28. The molecule has 3 N–H and O–H groups in total. The van der Waals surface area contributed by atoms with Crippen LogP contribution in [0.5, 0.6) is 0 Å². The molecule has 0 bridgehead atoms. The normalized spacial score (nSPS) is 10.4. The van der Waals surface area contributed by atoms with Crippen LogP contribution in [0.15, 0.2) is 24.3 Å². The van der Waals surface area contributed by atoms with E-state index in [4.69, 9.17) is 0 Å². The summed E-state index contributed by atoms with van der Waals surface area (Å²) < 4.78 is 0. The number of benzene rings is 1. The second kappa shape index (κ2) is 8.32. The first-order valence-corrected chi connectivity index (χ1v) is 6.86. The van der Waals surface area contributed by atoms with Crippen LogP contribution in [0.3, 0.4) is 0 Å². The number of carbonyl (C=O) groups is 2. The molecule has 0 saturated heterocycles. The van der Waals surface area contributed by atoms with Gasteiger partial charge in [0.2, 0.25) is 5.91 Å². The number of rotatable bonds is 7. The lowest BCUT2D eigenvalue weighted by Gasteiger charge is -2.12. The fourth-order valence-electron chi connectivity index (χ4n) is 1.63. The van der Waals surface area contributed by atoms with Crippen LogP contribution in [0, 0.1) is 5.92 Å². The van der Waals surface area contributed by atoms with E-state index in [-0.39, 0.29) is 11.8 Å². The molecule has 1 aromatic rings. The molecule has 0 spiro atoms. The van der Waals surface area contributed by atoms with E-state index >= 15 is 0 Å². The van der Waals surface area contributed by atoms with Crippen LogP contribution in [0.2, 0.25) is 0 Å². The Labute approximate surface area is 120 Å². The molecule has 0 saturated carbocycles. The van der Waals surface area contributed by atoms with Gasteiger partial charge in [-0.05, 0) is 25.1 Å². The summed E-state index contributed by atoms with van der Waals surface area (Å²) in [6, 6.07) is 7.03. The minimum absolute atomic E-state index is 0.108. The van der Waals surface area contributed by atoms with E-state index in [1.54, 1.807) is 31.3 Å². The van der Waals surface area contributed by atoms with Gasteiger partial charge in [-0.15, -0.1) is 0 Å². The van der Waals surface area contributed by atoms with Gasteiger partial charge >= 0.3 is 0 Å². The molecule has 0 heterocycles. The zero-order chi connectivity index (χ0) is 15.0. The van der Waals surface area contributed by atoms with Crippen LogP contribution in [0.4, 0.5) is 5.69 Å². The Morgan fingerprint density at radius 1 is 1.20 bits per heavy atom. The molecule has 1 rings (SSSR count). The molecule has 0 radical (unpaired) electrons. The van der Waals surface area contributed by atoms with Crippen LogP contribution in [-0.4, -0.2) is 32.0 Å². The van der Waals surface area contributed by atoms with Crippen LogP contribution in [-0.2, 0) is 4.79 Å². The Bertz CT molecular complexity index is 458. The molecular weight excluding hydrogens is 254 g/mol. The van der Waals surface area contributed by atoms with Crippen LogP contribution in [0.25, 0.3) is 0 Å². The second-order valence-corrected chi connectivity index (χ2v) is 5.05. The maximum Gasteiger partial charge on any atom is 0.253 e. The van der Waals surface area contributed by atoms with Crippen molar-refractivity contribution in [1.82, 2.24) is 10.6 Å². The largest absolute Gasteiger partial charge is 0.352 e. The van der Waals surface area contributed by atoms with E-state index in [0.29, 0.717) is 36.7 Å². The Morgan fingerprint density at radius 3 is 2.55 bits per heavy atom. The number of carbonyl (C=O) groups excluding carboxylic acids is 2. The minimum atomic E-state index is -0.164. The van der Waals surface area contributed by atoms with Gasteiger partial charge in [-0.25, -0.2) is 0 Å². The van der Waals surface area contributed by atoms with Crippen molar-refractivity contribution in [1.29, 1.82) is 0 Å². The number of para-hydroxylation sites is 1. The molecule has 0 aliphatic carbocycles. The number of nitrogens with one attached hydrogen (secondary N) is 3. The van der Waals surface area contributed by atoms with Crippen molar-refractivity contribution < 1.29 is 9.59 Å². The van der Waals surface area contributed by atoms with Crippen molar-refractivity contribution in [3.05, 3.63) is 29.8 Å². The highest BCUT2D eigenvalue weighted by atomic mass is 16.2. The monoisotopic (exact) mass is 277 g/mol. The smallest absolute Gasteiger partial charge is 0.253 e. The van der Waals surface area contributed by atoms with Crippen molar-refractivity contribution in [3.63, 3.8) is 0 Å². The Morgan fingerprint density at radius 2 is 1.90 bits per heavy atom. The molecular formula is C15H23N3O2. The predicted octanol–water partition coefficient (Wildman–Crippen LogP) is 1.62. The first-order valence-electron chi connectivity index (χ1n) is 6.86. The van der Waals surface area contributed by atoms with Gasteiger partial charge in [-0.1, -0.05) is 26.0 Å². The van der Waals surface area contributed by atoms with Crippen molar-refractivity contribution in [2.24, 2.45) is 5.92 Å². The Hall–Kier alpha value is -1.88. The zero-order valence-electron chi connectivity index (χ0n) is 12.3. The molecule has 20 heavy (non-hydrogen) atoms. The SMILES string of the molecule is CNCCC(=O)Nc1ccccc1C(=O)NCC(C)C. The van der Waals surface area contributed by atoms with Gasteiger partial charge in [0.25, 0.3) is 5.91 Å². The van der Waals surface area contributed by atoms with Crippen molar-refractivity contribution in [3.8, 4) is 0 Å². The topological polar surface area (TPSA) is 70.2 Å². The van der Waals surface area contributed by atoms with E-state index in [2.05, 4.69) is 16.0 Å². The van der Waals surface area contributed by atoms with E-state index in [1.807, 2.05) is 13.8 Å². The predicted molar refractivity (Wildman–Crippen MR) is 80.8 cm³/mol. The number of amides is 2. The standard InChI is InChI=1S/C15H23N3O2/c1-11(2)10-17-15(20)12-6-4-5-7-13(12)18-14(19)8-9-16-3/h4-7,11,16H,8-10H2,1-3H3,(H,17,20)(H,18,19). The molecule has 2 amide bonds. The summed E-state index contributed by atoms with van der Waals surface area (Å²) in [5.74, 6) is 0.114. The molecule has 0 atom stereocenters. The van der Waals surface area contributed by atoms with Gasteiger partial charge < -0.3 is 16.0 Å². The number of anilines is 1. The van der Waals surface area contributed by atoms with Crippen molar-refractivity contribution in [2.45, 2.75) is 20.3 Å². The van der Waals surface area contributed by atoms with Crippen molar-refractivity contribution in [2.75, 3.05) is 25.5 Å². The quantitative estimate of drug-likeness (QED) is 0.709. The summed E-state index contributed by atoms with van der Waals surface area (Å²) in [4.78, 5) is 23.8. The molecule has 0 fully saturated rings. The molecule has 0 aliphatic heterocycles. The van der Waals surface area contributed by atoms with E-state index in [9.17, 15) is 9.59 Å².